The van der Waals surface area contributed by atoms with Crippen LogP contribution in [0.5, 0.6) is 0 Å². The van der Waals surface area contributed by atoms with Crippen LogP contribution in [0, 0.1) is 12.3 Å². The Kier molecular flexibility index (Phi) is 4.87. The van der Waals surface area contributed by atoms with E-state index in [0.29, 0.717) is 0 Å². The maximum atomic E-state index is 11.6. The van der Waals surface area contributed by atoms with Crippen molar-refractivity contribution in [3.8, 4) is 0 Å². The van der Waals surface area contributed by atoms with Crippen molar-refractivity contribution >= 4 is 23.2 Å². The van der Waals surface area contributed by atoms with E-state index in [1.165, 1.54) is 27.7 Å². The molecule has 0 aliphatic heterocycles. The minimum absolute atomic E-state index is 0.0295. The van der Waals surface area contributed by atoms with E-state index in [-0.39, 0.29) is 34.1 Å². The number of hydrogen-bond donors (Lipinski definition) is 3. The van der Waals surface area contributed by atoms with Gasteiger partial charge in [0.05, 0.1) is 16.8 Å². The largest absolute Gasteiger partial charge is 0.512 e. The highest BCUT2D eigenvalue weighted by atomic mass is 16.3. The Morgan fingerprint density at radius 2 is 1.68 bits per heavy atom. The molecule has 1 amide bonds. The molecule has 1 rings (SSSR count). The van der Waals surface area contributed by atoms with Crippen LogP contribution in [0.2, 0.25) is 0 Å². The summed E-state index contributed by atoms with van der Waals surface area (Å²) in [6.07, 6.45) is 0. The summed E-state index contributed by atoms with van der Waals surface area (Å²) in [5, 5.41) is 17.5. The van der Waals surface area contributed by atoms with Crippen molar-refractivity contribution in [2.45, 2.75) is 27.7 Å². The molecule has 22 heavy (non-hydrogen) atoms. The third kappa shape index (κ3) is 3.22. The molecule has 0 fully saturated rings. The molecular formula is C14H16N4O4. The van der Waals surface area contributed by atoms with Gasteiger partial charge in [0.25, 0.3) is 5.91 Å². The lowest BCUT2D eigenvalue weighted by atomic mass is 10.0. The standard InChI is InChI=1S/C14H16N4O4/c1-5-9(6(2)19)12(13(16)22)18-14(17-5)11(15)10(7(3)20)8(4)21/h15,20H,1-4H3,(H2,16,22). The van der Waals surface area contributed by atoms with Gasteiger partial charge in [-0.15, -0.1) is 0 Å². The molecule has 0 bridgehead atoms. The van der Waals surface area contributed by atoms with E-state index < -0.39 is 23.2 Å². The molecule has 1 aromatic rings. The van der Waals surface area contributed by atoms with Crippen LogP contribution in [0.25, 0.3) is 0 Å². The van der Waals surface area contributed by atoms with E-state index in [2.05, 4.69) is 9.97 Å². The number of nitrogens with zero attached hydrogens (tertiary/aromatic N) is 2. The number of aliphatic hydroxyl groups is 1. The SMILES string of the molecule is CC(=O)C(C(=N)c1nc(C)c(C(C)=O)c(C(N)=O)n1)=C(C)O. The molecule has 0 radical (unpaired) electrons. The molecule has 0 saturated carbocycles. The highest BCUT2D eigenvalue weighted by molar-refractivity contribution is 6.26. The summed E-state index contributed by atoms with van der Waals surface area (Å²) in [6.45, 7) is 5.12. The number of primary amides is 1. The zero-order chi connectivity index (χ0) is 17.2. The number of nitrogens with two attached hydrogens (primary N) is 1. The van der Waals surface area contributed by atoms with Crippen LogP contribution in [-0.4, -0.2) is 38.3 Å². The Hall–Kier alpha value is -2.90. The van der Waals surface area contributed by atoms with E-state index >= 15 is 0 Å². The summed E-state index contributed by atoms with van der Waals surface area (Å²) in [5.41, 5.74) is 4.29. The lowest BCUT2D eigenvalue weighted by Crippen LogP contribution is -2.24. The first kappa shape index (κ1) is 17.2. The first-order valence-corrected chi connectivity index (χ1v) is 6.27. The van der Waals surface area contributed by atoms with Crippen LogP contribution < -0.4 is 5.73 Å². The Balaban J connectivity index is 3.62. The molecule has 0 aliphatic rings. The van der Waals surface area contributed by atoms with Gasteiger partial charge in [0.15, 0.2) is 17.4 Å². The lowest BCUT2D eigenvalue weighted by molar-refractivity contribution is -0.113. The van der Waals surface area contributed by atoms with Crippen molar-refractivity contribution in [1.29, 1.82) is 5.41 Å². The van der Waals surface area contributed by atoms with E-state index in [0.717, 1.165) is 0 Å². The molecule has 1 aromatic heterocycles. The summed E-state index contributed by atoms with van der Waals surface area (Å²) >= 11 is 0. The van der Waals surface area contributed by atoms with Gasteiger partial charge in [-0.2, -0.15) is 0 Å². The van der Waals surface area contributed by atoms with Crippen LogP contribution in [-0.2, 0) is 4.79 Å². The van der Waals surface area contributed by atoms with Gasteiger partial charge >= 0.3 is 0 Å². The van der Waals surface area contributed by atoms with E-state index in [9.17, 15) is 19.5 Å². The number of rotatable bonds is 5. The van der Waals surface area contributed by atoms with E-state index in [1.807, 2.05) is 0 Å². The van der Waals surface area contributed by atoms with Crippen molar-refractivity contribution in [2.75, 3.05) is 0 Å². The molecule has 116 valence electrons. The molecule has 0 unspecified atom stereocenters. The summed E-state index contributed by atoms with van der Waals surface area (Å²) < 4.78 is 0. The monoisotopic (exact) mass is 304 g/mol. The van der Waals surface area contributed by atoms with Gasteiger partial charge in [-0.25, -0.2) is 9.97 Å². The molecule has 0 saturated heterocycles. The molecule has 8 nitrogen and oxygen atoms in total. The molecule has 8 heteroatoms. The van der Waals surface area contributed by atoms with Crippen LogP contribution in [0.1, 0.15) is 53.1 Å². The predicted octanol–water partition coefficient (Wildman–Crippen LogP) is 0.875. The van der Waals surface area contributed by atoms with Gasteiger partial charge in [-0.1, -0.05) is 0 Å². The number of Topliss-reactive ketones (excluding diaryl/α,β-unsaturated/α-hetero) is 2. The second kappa shape index (κ2) is 6.25. The Morgan fingerprint density at radius 3 is 2.05 bits per heavy atom. The summed E-state index contributed by atoms with van der Waals surface area (Å²) in [5.74, 6) is -2.57. The smallest absolute Gasteiger partial charge is 0.268 e. The number of allylic oxidation sites excluding steroid dienone is 2. The number of amides is 1. The second-order valence-electron chi connectivity index (χ2n) is 4.67. The molecule has 0 atom stereocenters. The van der Waals surface area contributed by atoms with Gasteiger partial charge < -0.3 is 10.8 Å². The predicted molar refractivity (Wildman–Crippen MR) is 78.1 cm³/mol. The average Bonchev–Trinajstić information content (AvgIpc) is 2.35. The van der Waals surface area contributed by atoms with Crippen molar-refractivity contribution < 1.29 is 19.5 Å². The quantitative estimate of drug-likeness (QED) is 0.318. The highest BCUT2D eigenvalue weighted by Gasteiger charge is 2.24. The third-order valence-electron chi connectivity index (χ3n) is 2.86. The molecule has 1 heterocycles. The molecule has 4 N–H and O–H groups in total. The van der Waals surface area contributed by atoms with Crippen LogP contribution in [0.3, 0.4) is 0 Å². The zero-order valence-electron chi connectivity index (χ0n) is 12.6. The minimum Gasteiger partial charge on any atom is -0.512 e. The Morgan fingerprint density at radius 1 is 1.14 bits per heavy atom. The van der Waals surface area contributed by atoms with Crippen molar-refractivity contribution in [3.05, 3.63) is 34.1 Å². The normalized spacial score (nSPS) is 11.6. The average molecular weight is 304 g/mol. The summed E-state index contributed by atoms with van der Waals surface area (Å²) in [7, 11) is 0. The maximum Gasteiger partial charge on any atom is 0.268 e. The van der Waals surface area contributed by atoms with Gasteiger partial charge in [0.1, 0.15) is 17.2 Å². The first-order valence-electron chi connectivity index (χ1n) is 6.27. The number of carbonyl (C=O) groups is 3. The zero-order valence-corrected chi connectivity index (χ0v) is 12.6. The molecule has 0 aliphatic carbocycles. The van der Waals surface area contributed by atoms with Gasteiger partial charge in [-0.3, -0.25) is 19.8 Å². The van der Waals surface area contributed by atoms with Crippen molar-refractivity contribution in [3.63, 3.8) is 0 Å². The number of carbonyl (C=O) groups excluding carboxylic acids is 3. The molecule has 0 aromatic carbocycles. The van der Waals surface area contributed by atoms with Crippen LogP contribution in [0.15, 0.2) is 11.3 Å². The summed E-state index contributed by atoms with van der Waals surface area (Å²) in [4.78, 5) is 42.3. The number of hydrogen-bond acceptors (Lipinski definition) is 7. The first-order chi connectivity index (χ1) is 10.1. The Bertz CT molecular complexity index is 731. The third-order valence-corrected chi connectivity index (χ3v) is 2.86. The maximum absolute atomic E-state index is 11.6. The molecule has 0 spiro atoms. The fourth-order valence-corrected chi connectivity index (χ4v) is 2.01. The number of nitrogens with one attached hydrogen (secondary N) is 1. The van der Waals surface area contributed by atoms with Crippen LogP contribution >= 0.6 is 0 Å². The van der Waals surface area contributed by atoms with Crippen molar-refractivity contribution in [1.82, 2.24) is 9.97 Å². The highest BCUT2D eigenvalue weighted by Crippen LogP contribution is 2.15. The number of aromatic nitrogens is 2. The second-order valence-corrected chi connectivity index (χ2v) is 4.67. The fraction of sp³-hybridized carbons (Fsp3) is 0.286. The van der Waals surface area contributed by atoms with Gasteiger partial charge in [0, 0.05) is 0 Å². The van der Waals surface area contributed by atoms with Gasteiger partial charge in [0.2, 0.25) is 0 Å². The molecular weight excluding hydrogens is 288 g/mol. The van der Waals surface area contributed by atoms with Crippen molar-refractivity contribution in [2.24, 2.45) is 5.73 Å². The minimum atomic E-state index is -0.946. The van der Waals surface area contributed by atoms with E-state index in [4.69, 9.17) is 11.1 Å². The topological polar surface area (TPSA) is 147 Å². The lowest BCUT2D eigenvalue weighted by Gasteiger charge is -2.11. The van der Waals surface area contributed by atoms with Gasteiger partial charge in [-0.05, 0) is 27.7 Å². The summed E-state index contributed by atoms with van der Waals surface area (Å²) in [6, 6.07) is 0. The van der Waals surface area contributed by atoms with Crippen LogP contribution in [0.4, 0.5) is 0 Å². The fourth-order valence-electron chi connectivity index (χ4n) is 2.01. The van der Waals surface area contributed by atoms with E-state index in [1.54, 1.807) is 0 Å². The number of aliphatic hydroxyl groups excluding tert-OH is 1. The number of ketones is 2. The Labute approximate surface area is 126 Å². The number of aryl methyl sites for hydroxylation is 1.